The van der Waals surface area contributed by atoms with Crippen molar-refractivity contribution in [2.75, 3.05) is 19.8 Å². The average Bonchev–Trinajstić information content (AvgIpc) is 2.75. The summed E-state index contributed by atoms with van der Waals surface area (Å²) in [6, 6.07) is 17.2. The summed E-state index contributed by atoms with van der Waals surface area (Å²) in [5.41, 5.74) is 1.94. The van der Waals surface area contributed by atoms with Gasteiger partial charge in [0, 0.05) is 6.54 Å². The van der Waals surface area contributed by atoms with Gasteiger partial charge in [-0.15, -0.1) is 0 Å². The molecule has 2 aromatic carbocycles. The van der Waals surface area contributed by atoms with E-state index in [9.17, 15) is 14.9 Å². The number of esters is 1. The van der Waals surface area contributed by atoms with Gasteiger partial charge in [0.2, 0.25) is 0 Å². The number of carbonyl (C=O) groups is 2. The highest BCUT2D eigenvalue weighted by Crippen LogP contribution is 2.23. The first-order chi connectivity index (χ1) is 14.5. The third kappa shape index (κ3) is 7.87. The Kier molecular flexibility index (Phi) is 9.87. The Morgan fingerprint density at radius 2 is 1.97 bits per heavy atom. The molecule has 156 valence electrons. The zero-order valence-corrected chi connectivity index (χ0v) is 18.8. The lowest BCUT2D eigenvalue weighted by atomic mass is 10.1. The van der Waals surface area contributed by atoms with Crippen LogP contribution in [0.25, 0.3) is 6.08 Å². The van der Waals surface area contributed by atoms with Gasteiger partial charge in [0.25, 0.3) is 5.91 Å². The topological polar surface area (TPSA) is 88.4 Å². The molecule has 6 nitrogen and oxygen atoms in total. The number of nitrogens with one attached hydrogen (secondary N) is 1. The van der Waals surface area contributed by atoms with Crippen molar-refractivity contribution in [2.24, 2.45) is 0 Å². The van der Waals surface area contributed by atoms with Gasteiger partial charge < -0.3 is 14.8 Å². The number of amides is 1. The molecule has 0 radical (unpaired) electrons. The summed E-state index contributed by atoms with van der Waals surface area (Å²) in [4.78, 5) is 23.7. The zero-order chi connectivity index (χ0) is 21.8. The fraction of sp³-hybridized carbons (Fsp3) is 0.261. The number of carbonyl (C=O) groups excluding carboxylic acids is 2. The maximum atomic E-state index is 12.3. The Morgan fingerprint density at radius 3 is 2.63 bits per heavy atom. The monoisotopic (exact) mass is 518 g/mol. The van der Waals surface area contributed by atoms with Crippen LogP contribution in [0.2, 0.25) is 0 Å². The molecule has 7 heteroatoms. The van der Waals surface area contributed by atoms with Gasteiger partial charge in [0.15, 0.2) is 6.61 Å². The maximum Gasteiger partial charge on any atom is 0.344 e. The summed E-state index contributed by atoms with van der Waals surface area (Å²) in [6.07, 6.45) is 3.18. The fourth-order valence-electron chi connectivity index (χ4n) is 2.61. The summed E-state index contributed by atoms with van der Waals surface area (Å²) in [5, 5.41) is 12.1. The molecule has 2 rings (SSSR count). The molecule has 30 heavy (non-hydrogen) atoms. The Balaban J connectivity index is 1.90. The first-order valence-corrected chi connectivity index (χ1v) is 10.6. The second-order valence-corrected chi connectivity index (χ2v) is 7.46. The van der Waals surface area contributed by atoms with E-state index in [1.54, 1.807) is 25.1 Å². The van der Waals surface area contributed by atoms with Gasteiger partial charge in [0.1, 0.15) is 17.4 Å². The number of halogens is 1. The second-order valence-electron chi connectivity index (χ2n) is 6.30. The first kappa shape index (κ1) is 23.4. The van der Waals surface area contributed by atoms with Crippen molar-refractivity contribution in [3.8, 4) is 11.8 Å². The number of nitriles is 1. The van der Waals surface area contributed by atoms with E-state index >= 15 is 0 Å². The quantitative estimate of drug-likeness (QED) is 0.170. The van der Waals surface area contributed by atoms with Crippen LogP contribution in [0.5, 0.6) is 5.75 Å². The van der Waals surface area contributed by atoms with Gasteiger partial charge in [-0.2, -0.15) is 5.26 Å². The van der Waals surface area contributed by atoms with Crippen molar-refractivity contribution < 1.29 is 19.1 Å². The molecule has 0 aliphatic rings. The van der Waals surface area contributed by atoms with E-state index in [0.29, 0.717) is 24.5 Å². The van der Waals surface area contributed by atoms with Gasteiger partial charge in [-0.3, -0.25) is 4.79 Å². The number of rotatable bonds is 10. The number of benzene rings is 2. The van der Waals surface area contributed by atoms with E-state index < -0.39 is 11.9 Å². The number of hydrogen-bond donors (Lipinski definition) is 1. The normalized spacial score (nSPS) is 10.8. The smallest absolute Gasteiger partial charge is 0.344 e. The summed E-state index contributed by atoms with van der Waals surface area (Å²) >= 11 is 2.07. The summed E-state index contributed by atoms with van der Waals surface area (Å²) in [5.74, 6) is -0.305. The number of nitrogens with zero attached hydrogens (tertiary/aromatic N) is 1. The van der Waals surface area contributed by atoms with E-state index in [0.717, 1.165) is 16.4 Å². The van der Waals surface area contributed by atoms with E-state index in [1.807, 2.05) is 36.4 Å². The largest absolute Gasteiger partial charge is 0.481 e. The van der Waals surface area contributed by atoms with Crippen LogP contribution in [-0.4, -0.2) is 31.6 Å². The predicted octanol–water partition coefficient (Wildman–Crippen LogP) is 3.89. The Morgan fingerprint density at radius 1 is 1.20 bits per heavy atom. The van der Waals surface area contributed by atoms with Crippen molar-refractivity contribution in [3.63, 3.8) is 0 Å². The highest BCUT2D eigenvalue weighted by atomic mass is 127. The van der Waals surface area contributed by atoms with E-state index in [-0.39, 0.29) is 12.2 Å². The Hall–Kier alpha value is -2.86. The van der Waals surface area contributed by atoms with Gasteiger partial charge in [0.05, 0.1) is 10.2 Å². The summed E-state index contributed by atoms with van der Waals surface area (Å²) in [7, 11) is 0. The molecule has 0 unspecified atom stereocenters. The maximum absolute atomic E-state index is 12.3. The molecular weight excluding hydrogens is 495 g/mol. The minimum absolute atomic E-state index is 0.0331. The van der Waals surface area contributed by atoms with Gasteiger partial charge >= 0.3 is 5.97 Å². The van der Waals surface area contributed by atoms with Crippen molar-refractivity contribution >= 4 is 40.5 Å². The van der Waals surface area contributed by atoms with Gasteiger partial charge in [-0.05, 0) is 71.7 Å². The standard InChI is InChI=1S/C23H23IN2O4/c1-2-29-22(27)16-30-21-11-10-18(14-20(21)24)13-19(15-25)23(28)26-12-6-9-17-7-4-3-5-8-17/h3-5,7-8,10-11,13-14H,2,6,9,12,16H2,1H3,(H,26,28)/b19-13-. The molecule has 0 aromatic heterocycles. The molecule has 0 atom stereocenters. The van der Waals surface area contributed by atoms with E-state index in [4.69, 9.17) is 9.47 Å². The van der Waals surface area contributed by atoms with Crippen molar-refractivity contribution in [3.05, 3.63) is 68.8 Å². The molecule has 0 heterocycles. The number of aryl methyl sites for hydroxylation is 1. The van der Waals surface area contributed by atoms with Crippen LogP contribution in [0, 0.1) is 14.9 Å². The van der Waals surface area contributed by atoms with Crippen LogP contribution < -0.4 is 10.1 Å². The SMILES string of the molecule is CCOC(=O)COc1ccc(/C=C(/C#N)C(=O)NCCCc2ccccc2)cc1I. The van der Waals surface area contributed by atoms with Crippen LogP contribution >= 0.6 is 22.6 Å². The number of ether oxygens (including phenoxy) is 2. The molecular formula is C23H23IN2O4. The fourth-order valence-corrected chi connectivity index (χ4v) is 3.31. The van der Waals surface area contributed by atoms with E-state index in [1.165, 1.54) is 11.6 Å². The van der Waals surface area contributed by atoms with E-state index in [2.05, 4.69) is 27.9 Å². The molecule has 1 N–H and O–H groups in total. The molecule has 1 amide bonds. The molecule has 0 spiro atoms. The van der Waals surface area contributed by atoms with Crippen LogP contribution in [0.1, 0.15) is 24.5 Å². The highest BCUT2D eigenvalue weighted by Gasteiger charge is 2.10. The van der Waals surface area contributed by atoms with Crippen molar-refractivity contribution in [1.29, 1.82) is 5.26 Å². The average molecular weight is 518 g/mol. The van der Waals surface area contributed by atoms with Crippen molar-refractivity contribution in [1.82, 2.24) is 5.32 Å². The molecule has 0 bridgehead atoms. The van der Waals surface area contributed by atoms with Crippen molar-refractivity contribution in [2.45, 2.75) is 19.8 Å². The third-order valence-corrected chi connectivity index (χ3v) is 4.90. The zero-order valence-electron chi connectivity index (χ0n) is 16.7. The molecule has 0 fully saturated rings. The summed E-state index contributed by atoms with van der Waals surface area (Å²) < 4.78 is 11.0. The highest BCUT2D eigenvalue weighted by molar-refractivity contribution is 14.1. The lowest BCUT2D eigenvalue weighted by molar-refractivity contribution is -0.145. The molecule has 0 aliphatic carbocycles. The Labute approximate surface area is 190 Å². The molecule has 2 aromatic rings. The first-order valence-electron chi connectivity index (χ1n) is 9.55. The lowest BCUT2D eigenvalue weighted by Crippen LogP contribution is -2.25. The van der Waals surface area contributed by atoms with Crippen LogP contribution in [0.4, 0.5) is 0 Å². The molecule has 0 saturated carbocycles. The minimum Gasteiger partial charge on any atom is -0.481 e. The Bertz CT molecular complexity index is 936. The number of hydrogen-bond acceptors (Lipinski definition) is 5. The minimum atomic E-state index is -0.437. The van der Waals surface area contributed by atoms with Gasteiger partial charge in [-0.1, -0.05) is 36.4 Å². The third-order valence-electron chi connectivity index (χ3n) is 4.05. The lowest BCUT2D eigenvalue weighted by Gasteiger charge is -2.09. The van der Waals surface area contributed by atoms with Gasteiger partial charge in [-0.25, -0.2) is 4.79 Å². The summed E-state index contributed by atoms with van der Waals surface area (Å²) in [6.45, 7) is 2.35. The van der Waals surface area contributed by atoms with Crippen LogP contribution in [0.3, 0.4) is 0 Å². The second kappa shape index (κ2) is 12.6. The van der Waals surface area contributed by atoms with Crippen LogP contribution in [-0.2, 0) is 20.7 Å². The predicted molar refractivity (Wildman–Crippen MR) is 123 cm³/mol. The molecule has 0 aliphatic heterocycles. The molecule has 0 saturated heterocycles. The van der Waals surface area contributed by atoms with Crippen LogP contribution in [0.15, 0.2) is 54.1 Å².